The van der Waals surface area contributed by atoms with Crippen LogP contribution < -0.4 is 15.4 Å². The predicted molar refractivity (Wildman–Crippen MR) is 103 cm³/mol. The summed E-state index contributed by atoms with van der Waals surface area (Å²) in [5, 5.41) is 6.67. The molecule has 0 fully saturated rings. The van der Waals surface area contributed by atoms with Gasteiger partial charge < -0.3 is 20.1 Å². The minimum Gasteiger partial charge on any atom is -0.475 e. The van der Waals surface area contributed by atoms with Crippen molar-refractivity contribution in [1.82, 2.24) is 15.6 Å². The highest BCUT2D eigenvalue weighted by Gasteiger charge is 2.00. The number of hydrogen-bond donors (Lipinski definition) is 2. The largest absolute Gasteiger partial charge is 0.475 e. The molecule has 1 aromatic rings. The number of nitrogens with one attached hydrogen (secondary N) is 2. The Kier molecular flexibility index (Phi) is 11.4. The van der Waals surface area contributed by atoms with Gasteiger partial charge in [0.25, 0.3) is 0 Å². The molecule has 0 saturated heterocycles. The Labute approximate surface area is 152 Å². The summed E-state index contributed by atoms with van der Waals surface area (Å²) < 4.78 is 10.4. The van der Waals surface area contributed by atoms with Crippen LogP contribution in [0.3, 0.4) is 0 Å². The highest BCUT2D eigenvalue weighted by Crippen LogP contribution is 2.08. The molecule has 2 N–H and O–H groups in total. The molecular formula is C19H34N4O2. The first-order valence-electron chi connectivity index (χ1n) is 9.24. The Morgan fingerprint density at radius 3 is 2.68 bits per heavy atom. The fraction of sp³-hybridized carbons (Fsp3) is 0.684. The summed E-state index contributed by atoms with van der Waals surface area (Å²) in [6.07, 6.45) is 5.49. The van der Waals surface area contributed by atoms with E-state index in [2.05, 4.69) is 41.4 Å². The maximum Gasteiger partial charge on any atom is 0.213 e. The van der Waals surface area contributed by atoms with Crippen molar-refractivity contribution in [2.45, 2.75) is 46.6 Å². The monoisotopic (exact) mass is 350 g/mol. The molecule has 0 aliphatic heterocycles. The van der Waals surface area contributed by atoms with Gasteiger partial charge in [0.15, 0.2) is 5.96 Å². The summed E-state index contributed by atoms with van der Waals surface area (Å²) in [5.74, 6) is 2.24. The van der Waals surface area contributed by atoms with Crippen LogP contribution in [0.4, 0.5) is 0 Å². The SMILES string of the molecule is CCNC(=NCc1ccc(OCCOC)nc1)NCCCCC(C)C. The van der Waals surface area contributed by atoms with E-state index in [9.17, 15) is 0 Å². The van der Waals surface area contributed by atoms with Gasteiger partial charge in [0.1, 0.15) is 6.61 Å². The van der Waals surface area contributed by atoms with E-state index in [-0.39, 0.29) is 0 Å². The zero-order valence-electron chi connectivity index (χ0n) is 16.2. The van der Waals surface area contributed by atoms with E-state index in [1.54, 1.807) is 13.3 Å². The summed E-state index contributed by atoms with van der Waals surface area (Å²) in [5.41, 5.74) is 1.05. The zero-order chi connectivity index (χ0) is 18.3. The second-order valence-corrected chi connectivity index (χ2v) is 6.36. The Morgan fingerprint density at radius 1 is 1.20 bits per heavy atom. The van der Waals surface area contributed by atoms with Gasteiger partial charge in [-0.05, 0) is 24.8 Å². The molecule has 0 amide bonds. The first-order valence-corrected chi connectivity index (χ1v) is 9.24. The fourth-order valence-corrected chi connectivity index (χ4v) is 2.22. The lowest BCUT2D eigenvalue weighted by atomic mass is 10.1. The van der Waals surface area contributed by atoms with Gasteiger partial charge in [0.2, 0.25) is 5.88 Å². The quantitative estimate of drug-likeness (QED) is 0.345. The Bertz CT molecular complexity index is 475. The van der Waals surface area contributed by atoms with Crippen LogP contribution in [0.1, 0.15) is 45.6 Å². The van der Waals surface area contributed by atoms with Gasteiger partial charge >= 0.3 is 0 Å². The highest BCUT2D eigenvalue weighted by atomic mass is 16.5. The fourth-order valence-electron chi connectivity index (χ4n) is 2.22. The van der Waals surface area contributed by atoms with Crippen LogP contribution in [0, 0.1) is 5.92 Å². The highest BCUT2D eigenvalue weighted by molar-refractivity contribution is 5.79. The number of rotatable bonds is 12. The molecular weight excluding hydrogens is 316 g/mol. The summed E-state index contributed by atoms with van der Waals surface area (Å²) in [6, 6.07) is 3.86. The zero-order valence-corrected chi connectivity index (χ0v) is 16.2. The lowest BCUT2D eigenvalue weighted by molar-refractivity contribution is 0.143. The normalized spacial score (nSPS) is 11.6. The first-order chi connectivity index (χ1) is 12.2. The van der Waals surface area contributed by atoms with Gasteiger partial charge in [-0.1, -0.05) is 32.8 Å². The molecule has 6 heteroatoms. The van der Waals surface area contributed by atoms with E-state index in [1.807, 2.05) is 12.1 Å². The predicted octanol–water partition coefficient (Wildman–Crippen LogP) is 2.99. The minimum atomic E-state index is 0.506. The third-order valence-electron chi connectivity index (χ3n) is 3.60. The summed E-state index contributed by atoms with van der Waals surface area (Å²) in [4.78, 5) is 8.90. The van der Waals surface area contributed by atoms with Gasteiger partial charge in [-0.25, -0.2) is 9.98 Å². The van der Waals surface area contributed by atoms with E-state index in [0.717, 1.165) is 37.0 Å². The lowest BCUT2D eigenvalue weighted by Gasteiger charge is -2.11. The van der Waals surface area contributed by atoms with E-state index in [4.69, 9.17) is 9.47 Å². The molecule has 1 heterocycles. The number of aromatic nitrogens is 1. The second kappa shape index (κ2) is 13.5. The van der Waals surface area contributed by atoms with E-state index >= 15 is 0 Å². The van der Waals surface area contributed by atoms with Crippen LogP contribution in [0.5, 0.6) is 5.88 Å². The standard InChI is InChI=1S/C19H34N4O2/c1-5-20-19(21-11-7-6-8-16(2)3)23-15-17-9-10-18(22-14-17)25-13-12-24-4/h9-10,14,16H,5-8,11-13,15H2,1-4H3,(H2,20,21,23). The topological polar surface area (TPSA) is 67.8 Å². The van der Waals surface area contributed by atoms with Gasteiger partial charge in [-0.2, -0.15) is 0 Å². The molecule has 0 unspecified atom stereocenters. The number of unbranched alkanes of at least 4 members (excludes halogenated alkanes) is 1. The van der Waals surface area contributed by atoms with Crippen molar-refractivity contribution >= 4 is 5.96 Å². The smallest absolute Gasteiger partial charge is 0.213 e. The van der Waals surface area contributed by atoms with Crippen molar-refractivity contribution in [2.24, 2.45) is 10.9 Å². The third-order valence-corrected chi connectivity index (χ3v) is 3.60. The molecule has 1 aromatic heterocycles. The Morgan fingerprint density at radius 2 is 2.04 bits per heavy atom. The maximum absolute atomic E-state index is 5.46. The van der Waals surface area contributed by atoms with Crippen molar-refractivity contribution in [1.29, 1.82) is 0 Å². The minimum absolute atomic E-state index is 0.506. The van der Waals surface area contributed by atoms with Gasteiger partial charge in [-0.15, -0.1) is 0 Å². The molecule has 0 aliphatic carbocycles. The van der Waals surface area contributed by atoms with Gasteiger partial charge in [0.05, 0.1) is 13.2 Å². The molecule has 1 rings (SSSR count). The van der Waals surface area contributed by atoms with Crippen molar-refractivity contribution in [2.75, 3.05) is 33.4 Å². The van der Waals surface area contributed by atoms with Crippen molar-refractivity contribution in [3.05, 3.63) is 23.9 Å². The molecule has 142 valence electrons. The van der Waals surface area contributed by atoms with Crippen molar-refractivity contribution in [3.8, 4) is 5.88 Å². The van der Waals surface area contributed by atoms with Crippen LogP contribution in [0.2, 0.25) is 0 Å². The molecule has 25 heavy (non-hydrogen) atoms. The lowest BCUT2D eigenvalue weighted by Crippen LogP contribution is -2.37. The summed E-state index contributed by atoms with van der Waals surface area (Å²) in [7, 11) is 1.65. The average molecular weight is 351 g/mol. The van der Waals surface area contributed by atoms with Gasteiger partial charge in [-0.3, -0.25) is 0 Å². The van der Waals surface area contributed by atoms with E-state index in [1.165, 1.54) is 12.8 Å². The Balaban J connectivity index is 2.39. The molecule has 0 aromatic carbocycles. The van der Waals surface area contributed by atoms with Crippen LogP contribution in [0.15, 0.2) is 23.3 Å². The number of ether oxygens (including phenoxy) is 2. The van der Waals surface area contributed by atoms with Gasteiger partial charge in [0, 0.05) is 32.5 Å². The Hall–Kier alpha value is -1.82. The molecule has 0 aliphatic rings. The van der Waals surface area contributed by atoms with Crippen molar-refractivity contribution < 1.29 is 9.47 Å². The molecule has 0 radical (unpaired) electrons. The number of guanidine groups is 1. The molecule has 0 atom stereocenters. The average Bonchev–Trinajstić information content (AvgIpc) is 2.60. The number of nitrogens with zero attached hydrogens (tertiary/aromatic N) is 2. The molecule has 0 bridgehead atoms. The van der Waals surface area contributed by atoms with E-state index in [0.29, 0.717) is 25.6 Å². The van der Waals surface area contributed by atoms with Crippen molar-refractivity contribution in [3.63, 3.8) is 0 Å². The second-order valence-electron chi connectivity index (χ2n) is 6.36. The number of pyridine rings is 1. The van der Waals surface area contributed by atoms with Crippen LogP contribution in [-0.2, 0) is 11.3 Å². The maximum atomic E-state index is 5.46. The van der Waals surface area contributed by atoms with Crippen LogP contribution >= 0.6 is 0 Å². The molecule has 0 spiro atoms. The number of hydrogen-bond acceptors (Lipinski definition) is 4. The molecule has 6 nitrogen and oxygen atoms in total. The number of methoxy groups -OCH3 is 1. The van der Waals surface area contributed by atoms with Crippen LogP contribution in [0.25, 0.3) is 0 Å². The molecule has 0 saturated carbocycles. The van der Waals surface area contributed by atoms with E-state index < -0.39 is 0 Å². The third kappa shape index (κ3) is 10.6. The van der Waals surface area contributed by atoms with Crippen LogP contribution in [-0.4, -0.2) is 44.4 Å². The number of aliphatic imine (C=N–C) groups is 1. The summed E-state index contributed by atoms with van der Waals surface area (Å²) in [6.45, 7) is 10.1. The first kappa shape index (κ1) is 21.2. The summed E-state index contributed by atoms with van der Waals surface area (Å²) >= 11 is 0.